The number of carbonyl (C=O) groups excluding carboxylic acids is 1. The summed E-state index contributed by atoms with van der Waals surface area (Å²) in [6.07, 6.45) is 7.16. The second-order valence-electron chi connectivity index (χ2n) is 10.1. The largest absolute Gasteiger partial charge is 0.493 e. The van der Waals surface area contributed by atoms with E-state index in [2.05, 4.69) is 9.97 Å². The van der Waals surface area contributed by atoms with Crippen LogP contribution in [0.4, 0.5) is 4.79 Å². The number of hydrogen-bond donors (Lipinski definition) is 0. The van der Waals surface area contributed by atoms with Crippen LogP contribution in [0.3, 0.4) is 0 Å². The standard InChI is InChI=1S/C28H30N4O5/c1-28(2,3)37-27(34)32-22-12-8-7-11-21(22)31(26(32)33)25-29-16-19(17-30-25)18-13-14-23(35-4)24(15-18)36-20-9-5-6-10-20/h7-8,11-17,20H,5-6,9-10H2,1-4H3. The summed E-state index contributed by atoms with van der Waals surface area (Å²) in [5, 5.41) is 0. The van der Waals surface area contributed by atoms with Crippen molar-refractivity contribution >= 4 is 17.1 Å². The predicted molar refractivity (Wildman–Crippen MR) is 140 cm³/mol. The Labute approximate surface area is 214 Å². The van der Waals surface area contributed by atoms with Crippen LogP contribution in [0, 0.1) is 0 Å². The van der Waals surface area contributed by atoms with Crippen molar-refractivity contribution in [2.45, 2.75) is 58.2 Å². The molecule has 37 heavy (non-hydrogen) atoms. The maximum absolute atomic E-state index is 13.4. The van der Waals surface area contributed by atoms with Crippen LogP contribution < -0.4 is 15.2 Å². The lowest BCUT2D eigenvalue weighted by Crippen LogP contribution is -2.34. The molecule has 192 valence electrons. The number of rotatable bonds is 5. The highest BCUT2D eigenvalue weighted by molar-refractivity contribution is 5.87. The lowest BCUT2D eigenvalue weighted by Gasteiger charge is -2.19. The number of ether oxygens (including phenoxy) is 3. The highest BCUT2D eigenvalue weighted by atomic mass is 16.6. The van der Waals surface area contributed by atoms with E-state index >= 15 is 0 Å². The number of fused-ring (bicyclic) bond motifs is 1. The SMILES string of the molecule is COc1ccc(-c2cnc(-n3c(=O)n(C(=O)OC(C)(C)C)c4ccccc43)nc2)cc1OC1CCCC1. The minimum atomic E-state index is -0.753. The first kappa shape index (κ1) is 24.5. The van der Waals surface area contributed by atoms with Crippen LogP contribution in [0.1, 0.15) is 46.5 Å². The summed E-state index contributed by atoms with van der Waals surface area (Å²) < 4.78 is 19.5. The molecule has 0 N–H and O–H groups in total. The van der Waals surface area contributed by atoms with Crippen molar-refractivity contribution in [2.24, 2.45) is 0 Å². The van der Waals surface area contributed by atoms with Gasteiger partial charge in [-0.3, -0.25) is 0 Å². The summed E-state index contributed by atoms with van der Waals surface area (Å²) in [7, 11) is 1.62. The molecule has 0 saturated heterocycles. The minimum Gasteiger partial charge on any atom is -0.493 e. The zero-order valence-electron chi connectivity index (χ0n) is 21.4. The molecule has 0 aliphatic heterocycles. The highest BCUT2D eigenvalue weighted by Crippen LogP contribution is 2.35. The Morgan fingerprint density at radius 3 is 2.27 bits per heavy atom. The molecular weight excluding hydrogens is 472 g/mol. The molecule has 5 rings (SSSR count). The molecule has 1 aliphatic carbocycles. The van der Waals surface area contributed by atoms with Crippen LogP contribution in [-0.4, -0.2) is 44.0 Å². The van der Waals surface area contributed by atoms with Crippen molar-refractivity contribution in [3.8, 4) is 28.6 Å². The third kappa shape index (κ3) is 4.94. The molecular formula is C28H30N4O5. The number of nitrogens with zero attached hydrogens (tertiary/aromatic N) is 4. The van der Waals surface area contributed by atoms with Crippen molar-refractivity contribution in [2.75, 3.05) is 7.11 Å². The first-order valence-electron chi connectivity index (χ1n) is 12.4. The van der Waals surface area contributed by atoms with Crippen molar-refractivity contribution < 1.29 is 19.0 Å². The van der Waals surface area contributed by atoms with Gasteiger partial charge in [0.2, 0.25) is 5.95 Å². The maximum atomic E-state index is 13.4. The lowest BCUT2D eigenvalue weighted by atomic mass is 10.1. The van der Waals surface area contributed by atoms with Crippen LogP contribution in [-0.2, 0) is 4.74 Å². The van der Waals surface area contributed by atoms with Gasteiger partial charge < -0.3 is 14.2 Å². The molecule has 1 saturated carbocycles. The predicted octanol–water partition coefficient (Wildman–Crippen LogP) is 5.36. The van der Waals surface area contributed by atoms with Gasteiger partial charge in [0.25, 0.3) is 0 Å². The van der Waals surface area contributed by atoms with Gasteiger partial charge in [-0.25, -0.2) is 24.1 Å². The second kappa shape index (κ2) is 9.72. The van der Waals surface area contributed by atoms with Crippen molar-refractivity contribution in [3.63, 3.8) is 0 Å². The highest BCUT2D eigenvalue weighted by Gasteiger charge is 2.25. The maximum Gasteiger partial charge on any atom is 0.423 e. The van der Waals surface area contributed by atoms with Crippen LogP contribution in [0.25, 0.3) is 28.1 Å². The monoisotopic (exact) mass is 502 g/mol. The second-order valence-corrected chi connectivity index (χ2v) is 10.1. The molecule has 9 heteroatoms. The molecule has 1 fully saturated rings. The van der Waals surface area contributed by atoms with Gasteiger partial charge in [-0.15, -0.1) is 0 Å². The number of hydrogen-bond acceptors (Lipinski definition) is 7. The number of carbonyl (C=O) groups is 1. The molecule has 2 aromatic heterocycles. The van der Waals surface area contributed by atoms with Gasteiger partial charge in [0, 0.05) is 18.0 Å². The van der Waals surface area contributed by atoms with E-state index < -0.39 is 17.4 Å². The van der Waals surface area contributed by atoms with Crippen molar-refractivity contribution in [1.82, 2.24) is 19.1 Å². The molecule has 0 radical (unpaired) electrons. The quantitative estimate of drug-likeness (QED) is 0.362. The smallest absolute Gasteiger partial charge is 0.423 e. The van der Waals surface area contributed by atoms with Crippen molar-refractivity contribution in [1.29, 1.82) is 0 Å². The van der Waals surface area contributed by atoms with E-state index in [0.717, 1.165) is 28.5 Å². The zero-order valence-corrected chi connectivity index (χ0v) is 21.4. The van der Waals surface area contributed by atoms with Crippen LogP contribution in [0.15, 0.2) is 59.7 Å². The van der Waals surface area contributed by atoms with Gasteiger partial charge in [-0.2, -0.15) is 4.57 Å². The van der Waals surface area contributed by atoms with Crippen molar-refractivity contribution in [3.05, 3.63) is 65.3 Å². The fraction of sp³-hybridized carbons (Fsp3) is 0.357. The summed E-state index contributed by atoms with van der Waals surface area (Å²) in [6.45, 7) is 5.25. The Kier molecular flexibility index (Phi) is 6.45. The molecule has 0 amide bonds. The number of aromatic nitrogens is 4. The summed E-state index contributed by atoms with van der Waals surface area (Å²) in [5.74, 6) is 1.52. The zero-order chi connectivity index (χ0) is 26.2. The number of imidazole rings is 1. The van der Waals surface area contributed by atoms with Gasteiger partial charge in [-0.05, 0) is 76.3 Å². The lowest BCUT2D eigenvalue weighted by molar-refractivity contribution is 0.0538. The molecule has 0 spiro atoms. The van der Waals surface area contributed by atoms with Crippen LogP contribution >= 0.6 is 0 Å². The number of benzene rings is 2. The fourth-order valence-electron chi connectivity index (χ4n) is 4.55. The van der Waals surface area contributed by atoms with Gasteiger partial charge in [-0.1, -0.05) is 18.2 Å². The van der Waals surface area contributed by atoms with E-state index in [9.17, 15) is 9.59 Å². The molecule has 0 atom stereocenters. The molecule has 2 aromatic carbocycles. The Morgan fingerprint density at radius 1 is 0.946 bits per heavy atom. The van der Waals surface area contributed by atoms with E-state index in [-0.39, 0.29) is 12.1 Å². The summed E-state index contributed by atoms with van der Waals surface area (Å²) in [5.41, 5.74) is 1.19. The van der Waals surface area contributed by atoms with E-state index in [1.165, 1.54) is 17.4 Å². The molecule has 9 nitrogen and oxygen atoms in total. The molecule has 1 aliphatic rings. The van der Waals surface area contributed by atoms with Crippen LogP contribution in [0.2, 0.25) is 0 Å². The normalized spacial score (nSPS) is 14.2. The fourth-order valence-corrected chi connectivity index (χ4v) is 4.55. The Bertz CT molecular complexity index is 1490. The van der Waals surface area contributed by atoms with E-state index in [1.807, 2.05) is 18.2 Å². The number of para-hydroxylation sites is 2. The molecule has 4 aromatic rings. The first-order valence-corrected chi connectivity index (χ1v) is 12.4. The van der Waals surface area contributed by atoms with Gasteiger partial charge in [0.1, 0.15) is 5.60 Å². The van der Waals surface area contributed by atoms with E-state index in [0.29, 0.717) is 22.5 Å². The first-order chi connectivity index (χ1) is 17.7. The van der Waals surface area contributed by atoms with E-state index in [1.54, 1.807) is 64.5 Å². The topological polar surface area (TPSA) is 97.5 Å². The average Bonchev–Trinajstić information content (AvgIpc) is 3.48. The Balaban J connectivity index is 1.50. The number of methoxy groups -OCH3 is 1. The summed E-state index contributed by atoms with van der Waals surface area (Å²) in [4.78, 5) is 35.2. The third-order valence-corrected chi connectivity index (χ3v) is 6.25. The van der Waals surface area contributed by atoms with Gasteiger partial charge >= 0.3 is 11.8 Å². The Morgan fingerprint density at radius 2 is 1.62 bits per heavy atom. The summed E-state index contributed by atoms with van der Waals surface area (Å²) in [6, 6.07) is 12.7. The van der Waals surface area contributed by atoms with Gasteiger partial charge in [0.05, 0.1) is 24.2 Å². The third-order valence-electron chi connectivity index (χ3n) is 6.25. The minimum absolute atomic E-state index is 0.156. The van der Waals surface area contributed by atoms with Gasteiger partial charge in [0.15, 0.2) is 11.5 Å². The molecule has 0 unspecified atom stereocenters. The molecule has 2 heterocycles. The molecule has 0 bridgehead atoms. The average molecular weight is 503 g/mol. The van der Waals surface area contributed by atoms with E-state index in [4.69, 9.17) is 14.2 Å². The Hall–Kier alpha value is -4.14. The summed E-state index contributed by atoms with van der Waals surface area (Å²) >= 11 is 0. The van der Waals surface area contributed by atoms with Crippen LogP contribution in [0.5, 0.6) is 11.5 Å².